The summed E-state index contributed by atoms with van der Waals surface area (Å²) in [4.78, 5) is 16.5. The maximum Gasteiger partial charge on any atom is 0.273 e. The molecule has 7 nitrogen and oxygen atoms in total. The van der Waals surface area contributed by atoms with E-state index in [0.29, 0.717) is 22.9 Å². The molecule has 1 aromatic carbocycles. The van der Waals surface area contributed by atoms with Gasteiger partial charge in [-0.05, 0) is 26.0 Å². The topological polar surface area (TPSA) is 88.5 Å². The number of benzene rings is 1. The van der Waals surface area contributed by atoms with Crippen molar-refractivity contribution in [3.05, 3.63) is 53.1 Å². The van der Waals surface area contributed by atoms with Crippen LogP contribution in [0.4, 0.5) is 5.69 Å². The van der Waals surface area contributed by atoms with E-state index in [1.165, 1.54) is 17.1 Å². The quantitative estimate of drug-likeness (QED) is 0.767. The number of nitrogens with one attached hydrogen (secondary N) is 2. The number of rotatable bonds is 4. The Morgan fingerprint density at radius 1 is 1.23 bits per heavy atom. The number of aromatic nitrogens is 5. The van der Waals surface area contributed by atoms with Crippen molar-refractivity contribution in [3.8, 4) is 17.2 Å². The van der Waals surface area contributed by atoms with E-state index in [-0.39, 0.29) is 11.6 Å². The highest BCUT2D eigenvalue weighted by Crippen LogP contribution is 2.21. The summed E-state index contributed by atoms with van der Waals surface area (Å²) < 4.78 is 1.35. The summed E-state index contributed by atoms with van der Waals surface area (Å²) in [6.07, 6.45) is 1.41. The van der Waals surface area contributed by atoms with Crippen molar-refractivity contribution >= 4 is 5.69 Å². The second-order valence-electron chi connectivity index (χ2n) is 5.13. The largest absolute Gasteiger partial charge is 0.381 e. The van der Waals surface area contributed by atoms with Gasteiger partial charge in [-0.3, -0.25) is 9.89 Å². The van der Waals surface area contributed by atoms with Gasteiger partial charge in [0.05, 0.1) is 11.4 Å². The minimum atomic E-state index is -0.211. The van der Waals surface area contributed by atoms with E-state index in [2.05, 4.69) is 25.6 Å². The van der Waals surface area contributed by atoms with Gasteiger partial charge in [0.1, 0.15) is 6.33 Å². The van der Waals surface area contributed by atoms with E-state index in [0.717, 1.165) is 0 Å². The summed E-state index contributed by atoms with van der Waals surface area (Å²) >= 11 is 0. The Morgan fingerprint density at radius 2 is 2.00 bits per heavy atom. The number of anilines is 1. The smallest absolute Gasteiger partial charge is 0.273 e. The third-order valence-electron chi connectivity index (χ3n) is 3.02. The van der Waals surface area contributed by atoms with Gasteiger partial charge in [0.25, 0.3) is 5.56 Å². The van der Waals surface area contributed by atoms with Crippen LogP contribution in [0.3, 0.4) is 0 Å². The van der Waals surface area contributed by atoms with Crippen LogP contribution < -0.4 is 10.9 Å². The minimum absolute atomic E-state index is 0.162. The Bertz CT molecular complexity index is 808. The maximum atomic E-state index is 12.4. The summed E-state index contributed by atoms with van der Waals surface area (Å²) in [6.45, 7) is 3.99. The van der Waals surface area contributed by atoms with Crippen LogP contribution in [0.15, 0.2) is 47.5 Å². The average molecular weight is 296 g/mol. The van der Waals surface area contributed by atoms with Crippen LogP contribution in [0.25, 0.3) is 17.2 Å². The van der Waals surface area contributed by atoms with Gasteiger partial charge in [-0.25, -0.2) is 4.98 Å². The van der Waals surface area contributed by atoms with Crippen molar-refractivity contribution in [1.82, 2.24) is 25.0 Å². The number of H-pyrrole nitrogens is 1. The van der Waals surface area contributed by atoms with Gasteiger partial charge in [0.2, 0.25) is 0 Å². The van der Waals surface area contributed by atoms with Crippen molar-refractivity contribution in [2.45, 2.75) is 19.9 Å². The van der Waals surface area contributed by atoms with Gasteiger partial charge >= 0.3 is 0 Å². The molecule has 3 aromatic rings. The Balaban J connectivity index is 2.19. The van der Waals surface area contributed by atoms with Crippen LogP contribution >= 0.6 is 0 Å². The predicted molar refractivity (Wildman–Crippen MR) is 84.0 cm³/mol. The maximum absolute atomic E-state index is 12.4. The lowest BCUT2D eigenvalue weighted by Crippen LogP contribution is -2.24. The molecule has 0 radical (unpaired) electrons. The van der Waals surface area contributed by atoms with E-state index in [9.17, 15) is 4.79 Å². The van der Waals surface area contributed by atoms with Gasteiger partial charge in [-0.1, -0.05) is 18.2 Å². The van der Waals surface area contributed by atoms with Crippen LogP contribution in [0.1, 0.15) is 13.8 Å². The monoisotopic (exact) mass is 296 g/mol. The van der Waals surface area contributed by atoms with Crippen molar-refractivity contribution in [2.75, 3.05) is 5.32 Å². The van der Waals surface area contributed by atoms with Crippen LogP contribution in [0.5, 0.6) is 0 Å². The van der Waals surface area contributed by atoms with Crippen molar-refractivity contribution in [1.29, 1.82) is 0 Å². The SMILES string of the molecule is CC(C)Nc1cc(=O)n(-c2ccccc2)nc1-c1ncn[nH]1. The predicted octanol–water partition coefficient (Wildman–Crippen LogP) is 1.84. The molecular formula is C15H16N6O. The highest BCUT2D eigenvalue weighted by molar-refractivity contribution is 5.68. The molecule has 0 bridgehead atoms. The molecule has 0 aliphatic rings. The molecule has 0 saturated heterocycles. The molecule has 2 aromatic heterocycles. The lowest BCUT2D eigenvalue weighted by Gasteiger charge is -2.14. The van der Waals surface area contributed by atoms with Crippen LogP contribution in [0, 0.1) is 0 Å². The van der Waals surface area contributed by atoms with Gasteiger partial charge in [0, 0.05) is 12.1 Å². The first-order valence-electron chi connectivity index (χ1n) is 6.97. The Morgan fingerprint density at radius 3 is 2.64 bits per heavy atom. The van der Waals surface area contributed by atoms with E-state index >= 15 is 0 Å². The van der Waals surface area contributed by atoms with Crippen LogP contribution in [-0.2, 0) is 0 Å². The molecule has 22 heavy (non-hydrogen) atoms. The fourth-order valence-corrected chi connectivity index (χ4v) is 2.13. The summed E-state index contributed by atoms with van der Waals surface area (Å²) in [5, 5.41) is 14.3. The minimum Gasteiger partial charge on any atom is -0.381 e. The molecule has 7 heteroatoms. The van der Waals surface area contributed by atoms with E-state index in [1.807, 2.05) is 44.2 Å². The van der Waals surface area contributed by atoms with Gasteiger partial charge < -0.3 is 5.32 Å². The van der Waals surface area contributed by atoms with Crippen LogP contribution in [-0.4, -0.2) is 31.0 Å². The molecule has 0 amide bonds. The molecule has 2 heterocycles. The Hall–Kier alpha value is -2.96. The summed E-state index contributed by atoms with van der Waals surface area (Å²) in [7, 11) is 0. The van der Waals surface area contributed by atoms with E-state index < -0.39 is 0 Å². The van der Waals surface area contributed by atoms with Gasteiger partial charge in [0.15, 0.2) is 11.5 Å². The average Bonchev–Trinajstić information content (AvgIpc) is 3.02. The molecule has 0 aliphatic heterocycles. The zero-order valence-corrected chi connectivity index (χ0v) is 12.3. The summed E-state index contributed by atoms with van der Waals surface area (Å²) in [5.41, 5.74) is 1.67. The van der Waals surface area contributed by atoms with Crippen LogP contribution in [0.2, 0.25) is 0 Å². The van der Waals surface area contributed by atoms with Gasteiger partial charge in [-0.15, -0.1) is 0 Å². The highest BCUT2D eigenvalue weighted by Gasteiger charge is 2.15. The molecule has 2 N–H and O–H groups in total. The number of nitrogens with zero attached hydrogens (tertiary/aromatic N) is 4. The Labute approximate surface area is 127 Å². The second-order valence-corrected chi connectivity index (χ2v) is 5.13. The number of aromatic amines is 1. The number of para-hydroxylation sites is 1. The molecule has 0 fully saturated rings. The van der Waals surface area contributed by atoms with Gasteiger partial charge in [-0.2, -0.15) is 14.9 Å². The standard InChI is InChI=1S/C15H16N6O/c1-10(2)18-12-8-13(22)21(11-6-4-3-5-7-11)20-14(12)15-16-9-17-19-15/h3-10,18H,1-2H3,(H,16,17,19). The molecule has 3 rings (SSSR count). The fourth-order valence-electron chi connectivity index (χ4n) is 2.13. The van der Waals surface area contributed by atoms with E-state index in [4.69, 9.17) is 0 Å². The fraction of sp³-hybridized carbons (Fsp3) is 0.200. The molecule has 0 atom stereocenters. The number of hydrogen-bond donors (Lipinski definition) is 2. The third kappa shape index (κ3) is 2.73. The first-order chi connectivity index (χ1) is 10.6. The molecule has 0 unspecified atom stereocenters. The first-order valence-corrected chi connectivity index (χ1v) is 6.97. The third-order valence-corrected chi connectivity index (χ3v) is 3.02. The summed E-state index contributed by atoms with van der Waals surface area (Å²) in [5.74, 6) is 0.507. The van der Waals surface area contributed by atoms with Crippen molar-refractivity contribution in [2.24, 2.45) is 0 Å². The first kappa shape index (κ1) is 14.0. The molecule has 0 spiro atoms. The lowest BCUT2D eigenvalue weighted by atomic mass is 10.2. The normalized spacial score (nSPS) is 10.9. The second kappa shape index (κ2) is 5.80. The zero-order chi connectivity index (χ0) is 15.5. The molecule has 0 saturated carbocycles. The molecule has 0 aliphatic carbocycles. The number of hydrogen-bond acceptors (Lipinski definition) is 5. The Kier molecular flexibility index (Phi) is 3.69. The van der Waals surface area contributed by atoms with Crippen molar-refractivity contribution < 1.29 is 0 Å². The highest BCUT2D eigenvalue weighted by atomic mass is 16.1. The van der Waals surface area contributed by atoms with Crippen molar-refractivity contribution in [3.63, 3.8) is 0 Å². The molecule has 112 valence electrons. The lowest BCUT2D eigenvalue weighted by molar-refractivity contribution is 0.802. The zero-order valence-electron chi connectivity index (χ0n) is 12.3. The molecular weight excluding hydrogens is 280 g/mol. The van der Waals surface area contributed by atoms with E-state index in [1.54, 1.807) is 0 Å². The summed E-state index contributed by atoms with van der Waals surface area (Å²) in [6, 6.07) is 11.0.